The third-order valence-corrected chi connectivity index (χ3v) is 5.14. The number of hydrazone groups is 1. The summed E-state index contributed by atoms with van der Waals surface area (Å²) in [4.78, 5) is 24.8. The first-order chi connectivity index (χ1) is 15.9. The molecule has 170 valence electrons. The van der Waals surface area contributed by atoms with Gasteiger partial charge in [-0.25, -0.2) is 14.2 Å². The molecule has 0 radical (unpaired) electrons. The van der Waals surface area contributed by atoms with E-state index in [0.29, 0.717) is 47.3 Å². The Kier molecular flexibility index (Phi) is 6.48. The van der Waals surface area contributed by atoms with E-state index in [2.05, 4.69) is 15.8 Å². The molecule has 2 N–H and O–H groups in total. The number of nitrogens with zero attached hydrogens (tertiary/aromatic N) is 1. The van der Waals surface area contributed by atoms with Crippen molar-refractivity contribution < 1.29 is 27.5 Å². The molecule has 0 aliphatic heterocycles. The van der Waals surface area contributed by atoms with Crippen molar-refractivity contribution in [3.8, 4) is 5.75 Å². The molecule has 1 aliphatic rings. The average molecular weight is 453 g/mol. The molecule has 2 aromatic carbocycles. The molecule has 0 unspecified atom stereocenters. The molecule has 33 heavy (non-hydrogen) atoms. The Labute approximate surface area is 188 Å². The van der Waals surface area contributed by atoms with Crippen LogP contribution in [0.3, 0.4) is 0 Å². The predicted molar refractivity (Wildman–Crippen MR) is 117 cm³/mol. The number of furan rings is 1. The molecule has 7 nitrogen and oxygen atoms in total. The zero-order chi connectivity index (χ0) is 23.4. The minimum Gasteiger partial charge on any atom is -0.484 e. The number of carbonyl (C=O) groups excluding carboxylic acids is 2. The van der Waals surface area contributed by atoms with Gasteiger partial charge in [0.2, 0.25) is 0 Å². The molecule has 2 amide bonds. The fraction of sp³-hybridized carbons (Fsp3) is 0.208. The second-order valence-electron chi connectivity index (χ2n) is 7.48. The van der Waals surface area contributed by atoms with Crippen molar-refractivity contribution in [1.82, 2.24) is 5.43 Å². The van der Waals surface area contributed by atoms with Gasteiger partial charge in [0.1, 0.15) is 23.1 Å². The van der Waals surface area contributed by atoms with Crippen LogP contribution >= 0.6 is 0 Å². The van der Waals surface area contributed by atoms with Crippen LogP contribution in [0.25, 0.3) is 0 Å². The van der Waals surface area contributed by atoms with Crippen molar-refractivity contribution in [3.63, 3.8) is 0 Å². The molecule has 1 aromatic heterocycles. The summed E-state index contributed by atoms with van der Waals surface area (Å²) in [5.41, 5.74) is 4.08. The Morgan fingerprint density at radius 3 is 2.67 bits per heavy atom. The lowest BCUT2D eigenvalue weighted by Gasteiger charge is -2.13. The molecule has 0 bridgehead atoms. The molecule has 9 heteroatoms. The number of carbonyl (C=O) groups is 2. The number of amides is 2. The predicted octanol–water partition coefficient (Wildman–Crippen LogP) is 4.35. The summed E-state index contributed by atoms with van der Waals surface area (Å²) in [6.07, 6.45) is 1.90. The molecular weight excluding hydrogens is 432 g/mol. The zero-order valence-electron chi connectivity index (χ0n) is 17.8. The van der Waals surface area contributed by atoms with Gasteiger partial charge in [-0.05, 0) is 44.0 Å². The first kappa shape index (κ1) is 22.2. The Bertz CT molecular complexity index is 1220. The highest BCUT2D eigenvalue weighted by atomic mass is 19.1. The Morgan fingerprint density at radius 2 is 1.91 bits per heavy atom. The van der Waals surface area contributed by atoms with Gasteiger partial charge in [-0.2, -0.15) is 5.10 Å². The molecule has 3 aromatic rings. The minimum atomic E-state index is -0.889. The fourth-order valence-electron chi connectivity index (χ4n) is 3.59. The van der Waals surface area contributed by atoms with E-state index < -0.39 is 23.4 Å². The average Bonchev–Trinajstić information content (AvgIpc) is 3.16. The van der Waals surface area contributed by atoms with E-state index in [1.54, 1.807) is 31.2 Å². The molecule has 0 atom stereocenters. The third-order valence-electron chi connectivity index (χ3n) is 5.14. The van der Waals surface area contributed by atoms with Crippen molar-refractivity contribution in [2.24, 2.45) is 5.10 Å². The number of fused-ring (bicyclic) bond motifs is 1. The first-order valence-electron chi connectivity index (χ1n) is 10.3. The SMILES string of the molecule is Cc1c(C(=O)Nc2ccc(F)cc2F)oc2c1/C(=N/NC(=O)COc1ccccc1)CCC2. The maximum Gasteiger partial charge on any atom is 0.291 e. The smallest absolute Gasteiger partial charge is 0.291 e. The quantitative estimate of drug-likeness (QED) is 0.543. The largest absolute Gasteiger partial charge is 0.484 e. The lowest BCUT2D eigenvalue weighted by molar-refractivity contribution is -0.123. The number of hydrogen-bond acceptors (Lipinski definition) is 5. The van der Waals surface area contributed by atoms with E-state index >= 15 is 0 Å². The van der Waals surface area contributed by atoms with Crippen LogP contribution in [0, 0.1) is 18.6 Å². The Hall–Kier alpha value is -4.01. The second-order valence-corrected chi connectivity index (χ2v) is 7.48. The zero-order valence-corrected chi connectivity index (χ0v) is 17.8. The second kappa shape index (κ2) is 9.64. The van der Waals surface area contributed by atoms with E-state index in [4.69, 9.17) is 9.15 Å². The lowest BCUT2D eigenvalue weighted by Crippen LogP contribution is -2.27. The summed E-state index contributed by atoms with van der Waals surface area (Å²) in [7, 11) is 0. The minimum absolute atomic E-state index is 0.0112. The summed E-state index contributed by atoms with van der Waals surface area (Å²) >= 11 is 0. The van der Waals surface area contributed by atoms with Gasteiger partial charge in [0.05, 0.1) is 11.4 Å². The number of para-hydroxylation sites is 1. The van der Waals surface area contributed by atoms with E-state index in [9.17, 15) is 18.4 Å². The van der Waals surface area contributed by atoms with Gasteiger partial charge >= 0.3 is 0 Å². The van der Waals surface area contributed by atoms with E-state index in [1.807, 2.05) is 6.07 Å². The molecule has 4 rings (SSSR count). The molecule has 0 spiro atoms. The van der Waals surface area contributed by atoms with E-state index in [-0.39, 0.29) is 18.1 Å². The van der Waals surface area contributed by atoms with Crippen LogP contribution < -0.4 is 15.5 Å². The number of aryl methyl sites for hydroxylation is 1. The summed E-state index contributed by atoms with van der Waals surface area (Å²) in [6.45, 7) is 1.49. The van der Waals surface area contributed by atoms with Crippen LogP contribution in [-0.4, -0.2) is 24.1 Å². The van der Waals surface area contributed by atoms with Gasteiger partial charge in [0.25, 0.3) is 11.8 Å². The van der Waals surface area contributed by atoms with Crippen molar-refractivity contribution in [1.29, 1.82) is 0 Å². The Morgan fingerprint density at radius 1 is 1.12 bits per heavy atom. The van der Waals surface area contributed by atoms with Crippen LogP contribution in [0.2, 0.25) is 0 Å². The van der Waals surface area contributed by atoms with Gasteiger partial charge in [0.15, 0.2) is 12.4 Å². The molecule has 0 saturated heterocycles. The summed E-state index contributed by atoms with van der Waals surface area (Å²) in [5.74, 6) is -1.57. The third kappa shape index (κ3) is 5.08. The number of anilines is 1. The van der Waals surface area contributed by atoms with Gasteiger partial charge in [-0.3, -0.25) is 9.59 Å². The highest BCUT2D eigenvalue weighted by Gasteiger charge is 2.28. The highest BCUT2D eigenvalue weighted by Crippen LogP contribution is 2.30. The number of nitrogens with one attached hydrogen (secondary N) is 2. The van der Waals surface area contributed by atoms with Crippen LogP contribution in [-0.2, 0) is 11.2 Å². The van der Waals surface area contributed by atoms with Crippen molar-refractivity contribution in [2.75, 3.05) is 11.9 Å². The van der Waals surface area contributed by atoms with Crippen molar-refractivity contribution >= 4 is 23.2 Å². The van der Waals surface area contributed by atoms with Crippen molar-refractivity contribution in [3.05, 3.63) is 82.8 Å². The number of rotatable bonds is 6. The summed E-state index contributed by atoms with van der Waals surface area (Å²) < 4.78 is 38.2. The monoisotopic (exact) mass is 453 g/mol. The van der Waals surface area contributed by atoms with Crippen LogP contribution in [0.4, 0.5) is 14.5 Å². The van der Waals surface area contributed by atoms with E-state index in [1.165, 1.54) is 0 Å². The number of halogens is 2. The molecule has 1 aliphatic carbocycles. The number of ether oxygens (including phenoxy) is 1. The van der Waals surface area contributed by atoms with Gasteiger partial charge in [0, 0.05) is 23.6 Å². The summed E-state index contributed by atoms with van der Waals surface area (Å²) in [6, 6.07) is 11.8. The maximum atomic E-state index is 13.9. The molecule has 1 heterocycles. The standard InChI is InChI=1S/C24H21F2N3O4/c1-14-22-19(28-29-21(30)13-32-16-6-3-2-4-7-16)8-5-9-20(22)33-23(14)24(31)27-18-11-10-15(25)12-17(18)26/h2-4,6-7,10-12H,5,8-9,13H2,1H3,(H,27,31)(H,29,30)/b28-19+. The Balaban J connectivity index is 1.47. The maximum absolute atomic E-state index is 13.9. The first-order valence-corrected chi connectivity index (χ1v) is 10.3. The lowest BCUT2D eigenvalue weighted by atomic mass is 9.93. The fourth-order valence-corrected chi connectivity index (χ4v) is 3.59. The van der Waals surface area contributed by atoms with Gasteiger partial charge in [-0.1, -0.05) is 18.2 Å². The molecule has 0 saturated carbocycles. The van der Waals surface area contributed by atoms with Crippen LogP contribution in [0.15, 0.2) is 58.0 Å². The highest BCUT2D eigenvalue weighted by molar-refractivity contribution is 6.09. The van der Waals surface area contributed by atoms with Gasteiger partial charge < -0.3 is 14.5 Å². The van der Waals surface area contributed by atoms with Gasteiger partial charge in [-0.15, -0.1) is 0 Å². The molecule has 0 fully saturated rings. The number of benzene rings is 2. The van der Waals surface area contributed by atoms with Crippen molar-refractivity contribution in [2.45, 2.75) is 26.2 Å². The molecular formula is C24H21F2N3O4. The van der Waals surface area contributed by atoms with Crippen LogP contribution in [0.1, 0.15) is 40.3 Å². The van der Waals surface area contributed by atoms with Crippen LogP contribution in [0.5, 0.6) is 5.75 Å². The topological polar surface area (TPSA) is 92.9 Å². The number of hydrogen-bond donors (Lipinski definition) is 2. The normalized spacial score (nSPS) is 14.0. The summed E-state index contributed by atoms with van der Waals surface area (Å²) in [5, 5.41) is 6.62. The van der Waals surface area contributed by atoms with E-state index in [0.717, 1.165) is 18.6 Å².